The molecular weight excluding hydrogens is 166 g/mol. The van der Waals surface area contributed by atoms with Gasteiger partial charge < -0.3 is 10.5 Å². The molecule has 76 valence electrons. The third kappa shape index (κ3) is 6.34. The molecule has 3 heteroatoms. The van der Waals surface area contributed by atoms with E-state index in [0.717, 1.165) is 0 Å². The van der Waals surface area contributed by atoms with Crippen LogP contribution in [-0.4, -0.2) is 17.6 Å². The Morgan fingerprint density at radius 3 is 2.46 bits per heavy atom. The van der Waals surface area contributed by atoms with Crippen LogP contribution in [0.2, 0.25) is 0 Å². The van der Waals surface area contributed by atoms with Crippen LogP contribution in [0.15, 0.2) is 12.2 Å². The maximum atomic E-state index is 11.4. The van der Waals surface area contributed by atoms with Gasteiger partial charge in [-0.1, -0.05) is 5.57 Å². The summed E-state index contributed by atoms with van der Waals surface area (Å²) in [6, 6.07) is -1.72. The molecule has 0 aromatic rings. The lowest BCUT2D eigenvalue weighted by Gasteiger charge is -2.22. The highest BCUT2D eigenvalue weighted by molar-refractivity contribution is 5.76. The van der Waals surface area contributed by atoms with E-state index in [9.17, 15) is 4.79 Å². The number of hydrogen-bond acceptors (Lipinski definition) is 3. The van der Waals surface area contributed by atoms with E-state index >= 15 is 0 Å². The Kier molecular flexibility index (Phi) is 3.48. The Morgan fingerprint density at radius 2 is 2.15 bits per heavy atom. The summed E-state index contributed by atoms with van der Waals surface area (Å²) in [5.74, 6) is -0.715. The average Bonchev–Trinajstić information content (AvgIpc) is 1.79. The first-order chi connectivity index (χ1) is 6.04. The molecule has 2 N–H and O–H groups in total. The first-order valence-corrected chi connectivity index (χ1v) is 4.21. The molecule has 0 aliphatic heterocycles. The third-order valence-electron chi connectivity index (χ3n) is 1.15. The standard InChI is InChI=1S/C10H19NO2/c1-7(2)6-8(11)9(12)13-10(3,4)5/h8H,1,6,11H2,2-5H3/t8-/m0/s1/i8D. The van der Waals surface area contributed by atoms with Gasteiger partial charge in [-0.3, -0.25) is 4.79 Å². The van der Waals surface area contributed by atoms with E-state index in [2.05, 4.69) is 6.58 Å². The topological polar surface area (TPSA) is 52.3 Å². The minimum atomic E-state index is -1.72. The zero-order chi connectivity index (χ0) is 11.6. The number of carbonyl (C=O) groups is 1. The molecule has 1 atom stereocenters. The molecule has 13 heavy (non-hydrogen) atoms. The molecule has 3 nitrogen and oxygen atoms in total. The van der Waals surface area contributed by atoms with Gasteiger partial charge in [0, 0.05) is 0 Å². The maximum absolute atomic E-state index is 11.4. The summed E-state index contributed by atoms with van der Waals surface area (Å²) in [5.41, 5.74) is 5.57. The lowest BCUT2D eigenvalue weighted by molar-refractivity contribution is -0.156. The number of rotatable bonds is 3. The van der Waals surface area contributed by atoms with E-state index in [-0.39, 0.29) is 6.42 Å². The van der Waals surface area contributed by atoms with E-state index < -0.39 is 17.6 Å². The van der Waals surface area contributed by atoms with Gasteiger partial charge in [0.2, 0.25) is 0 Å². The van der Waals surface area contributed by atoms with Gasteiger partial charge in [-0.05, 0) is 34.1 Å². The van der Waals surface area contributed by atoms with Crippen molar-refractivity contribution in [3.05, 3.63) is 12.2 Å². The monoisotopic (exact) mass is 186 g/mol. The van der Waals surface area contributed by atoms with Crippen LogP contribution in [0.25, 0.3) is 0 Å². The Labute approximate surface area is 81.4 Å². The first-order valence-electron chi connectivity index (χ1n) is 4.71. The molecule has 0 bridgehead atoms. The Bertz CT molecular complexity index is 241. The van der Waals surface area contributed by atoms with Crippen molar-refractivity contribution in [1.29, 1.82) is 0 Å². The van der Waals surface area contributed by atoms with Crippen LogP contribution in [-0.2, 0) is 9.53 Å². The van der Waals surface area contributed by atoms with E-state index in [1.54, 1.807) is 27.7 Å². The molecule has 0 heterocycles. The molecule has 0 amide bonds. The molecule has 0 rings (SSSR count). The molecule has 0 fully saturated rings. The fourth-order valence-corrected chi connectivity index (χ4v) is 0.741. The number of carbonyl (C=O) groups excluding carboxylic acids is 1. The highest BCUT2D eigenvalue weighted by Gasteiger charge is 2.21. The summed E-state index contributed by atoms with van der Waals surface area (Å²) in [5, 5.41) is 0. The summed E-state index contributed by atoms with van der Waals surface area (Å²) >= 11 is 0. The van der Waals surface area contributed by atoms with Gasteiger partial charge in [-0.2, -0.15) is 0 Å². The first kappa shape index (κ1) is 10.3. The minimum Gasteiger partial charge on any atom is -0.459 e. The molecule has 0 saturated carbocycles. The van der Waals surface area contributed by atoms with Gasteiger partial charge in [-0.15, -0.1) is 6.58 Å². The quantitative estimate of drug-likeness (QED) is 0.538. The van der Waals surface area contributed by atoms with Gasteiger partial charge >= 0.3 is 5.97 Å². The van der Waals surface area contributed by atoms with Crippen LogP contribution in [0, 0.1) is 0 Å². The Balaban J connectivity index is 4.44. The van der Waals surface area contributed by atoms with Gasteiger partial charge in [0.05, 0.1) is 1.37 Å². The summed E-state index contributed by atoms with van der Waals surface area (Å²) in [7, 11) is 0. The van der Waals surface area contributed by atoms with E-state index in [0.29, 0.717) is 5.57 Å². The summed E-state index contributed by atoms with van der Waals surface area (Å²) in [4.78, 5) is 11.4. The number of ether oxygens (including phenoxy) is 1. The second kappa shape index (κ2) is 4.42. The number of nitrogens with two attached hydrogens (primary N) is 1. The predicted molar refractivity (Wildman–Crippen MR) is 53.3 cm³/mol. The van der Waals surface area contributed by atoms with Gasteiger partial charge in [0.15, 0.2) is 0 Å². The molecule has 0 spiro atoms. The lowest BCUT2D eigenvalue weighted by Crippen LogP contribution is -2.37. The van der Waals surface area contributed by atoms with Crippen LogP contribution < -0.4 is 5.73 Å². The number of hydrogen-bond donors (Lipinski definition) is 1. The molecule has 0 unspecified atom stereocenters. The highest BCUT2D eigenvalue weighted by Crippen LogP contribution is 2.10. The molecule has 0 radical (unpaired) electrons. The van der Waals surface area contributed by atoms with Crippen molar-refractivity contribution in [3.8, 4) is 0 Å². The zero-order valence-electron chi connectivity index (χ0n) is 9.81. The molecular formula is C10H19NO2. The van der Waals surface area contributed by atoms with Gasteiger partial charge in [-0.25, -0.2) is 0 Å². The smallest absolute Gasteiger partial charge is 0.323 e. The van der Waals surface area contributed by atoms with Crippen LogP contribution in [0.4, 0.5) is 0 Å². The van der Waals surface area contributed by atoms with Crippen molar-refractivity contribution in [2.24, 2.45) is 5.73 Å². The van der Waals surface area contributed by atoms with E-state index in [4.69, 9.17) is 11.8 Å². The summed E-state index contributed by atoms with van der Waals surface area (Å²) in [6.45, 7) is 10.5. The zero-order valence-corrected chi connectivity index (χ0v) is 8.81. The summed E-state index contributed by atoms with van der Waals surface area (Å²) < 4.78 is 12.6. The van der Waals surface area contributed by atoms with Crippen molar-refractivity contribution in [1.82, 2.24) is 0 Å². The maximum Gasteiger partial charge on any atom is 0.323 e. The molecule has 0 saturated heterocycles. The second-order valence-electron chi connectivity index (χ2n) is 4.16. The van der Waals surface area contributed by atoms with Gasteiger partial charge in [0.25, 0.3) is 0 Å². The number of esters is 1. The fourth-order valence-electron chi connectivity index (χ4n) is 0.741. The van der Waals surface area contributed by atoms with Crippen molar-refractivity contribution < 1.29 is 10.9 Å². The lowest BCUT2D eigenvalue weighted by atomic mass is 10.1. The molecule has 0 aliphatic rings. The van der Waals surface area contributed by atoms with E-state index in [1.165, 1.54) is 0 Å². The minimum absolute atomic E-state index is 0.113. The second-order valence-corrected chi connectivity index (χ2v) is 4.16. The Hall–Kier alpha value is -0.830. The van der Waals surface area contributed by atoms with Crippen LogP contribution in [0.5, 0.6) is 0 Å². The van der Waals surface area contributed by atoms with Crippen LogP contribution >= 0.6 is 0 Å². The van der Waals surface area contributed by atoms with Crippen molar-refractivity contribution >= 4 is 5.97 Å². The van der Waals surface area contributed by atoms with Crippen molar-refractivity contribution in [3.63, 3.8) is 0 Å². The van der Waals surface area contributed by atoms with Crippen LogP contribution in [0.3, 0.4) is 0 Å². The molecule has 0 aliphatic carbocycles. The normalized spacial score (nSPS) is 17.2. The van der Waals surface area contributed by atoms with Gasteiger partial charge in [0.1, 0.15) is 11.6 Å². The highest BCUT2D eigenvalue weighted by atomic mass is 16.6. The summed E-state index contributed by atoms with van der Waals surface area (Å²) in [6.07, 6.45) is 0.113. The molecule has 0 aromatic heterocycles. The van der Waals surface area contributed by atoms with Crippen LogP contribution in [0.1, 0.15) is 35.5 Å². The van der Waals surface area contributed by atoms with E-state index in [1.807, 2.05) is 0 Å². The molecule has 0 aromatic carbocycles. The van der Waals surface area contributed by atoms with Crippen molar-refractivity contribution in [2.75, 3.05) is 0 Å². The predicted octanol–water partition coefficient (Wildman–Crippen LogP) is 1.62. The third-order valence-corrected chi connectivity index (χ3v) is 1.15. The van der Waals surface area contributed by atoms with Crippen molar-refractivity contribution in [2.45, 2.75) is 45.7 Å². The average molecular weight is 186 g/mol. The Morgan fingerprint density at radius 1 is 1.69 bits per heavy atom. The SMILES string of the molecule is [2H][C@](N)(CC(=C)C)C(=O)OC(C)(C)C. The fraction of sp³-hybridized carbons (Fsp3) is 0.700. The largest absolute Gasteiger partial charge is 0.459 e.